The number of amides is 1. The minimum atomic E-state index is -0.101. The highest BCUT2D eigenvalue weighted by molar-refractivity contribution is 8.15. The van der Waals surface area contributed by atoms with E-state index < -0.39 is 0 Å². The average molecular weight is 433 g/mol. The molecule has 1 amide bonds. The lowest BCUT2D eigenvalue weighted by molar-refractivity contribution is -0.125. The summed E-state index contributed by atoms with van der Waals surface area (Å²) in [6.07, 6.45) is 5.19. The van der Waals surface area contributed by atoms with Crippen molar-refractivity contribution in [1.82, 2.24) is 4.90 Å². The number of ether oxygens (including phenoxy) is 2. The Morgan fingerprint density at radius 1 is 1.00 bits per heavy atom. The Morgan fingerprint density at radius 3 is 2.35 bits per heavy atom. The van der Waals surface area contributed by atoms with Gasteiger partial charge in [0.05, 0.1) is 31.7 Å². The zero-order valence-electron chi connectivity index (χ0n) is 17.6. The molecule has 1 saturated heterocycles. The molecule has 6 heteroatoms. The van der Waals surface area contributed by atoms with Crippen molar-refractivity contribution < 1.29 is 14.3 Å². The Hall–Kier alpha value is -2.99. The second-order valence-corrected chi connectivity index (χ2v) is 8.74. The zero-order chi connectivity index (χ0) is 21.4. The van der Waals surface area contributed by atoms with Crippen LogP contribution in [0.15, 0.2) is 70.4 Å². The van der Waals surface area contributed by atoms with Crippen LogP contribution in [0.4, 0.5) is 0 Å². The number of thioether (sulfide) groups is 1. The topological polar surface area (TPSA) is 51.1 Å². The largest absolute Gasteiger partial charge is 0.497 e. The van der Waals surface area contributed by atoms with Crippen molar-refractivity contribution in [2.75, 3.05) is 20.0 Å². The SMILES string of the molecule is COc1ccc(C=C2CCCC3=C2N=C2SCC(=O)N2C3c2ccc(OC)cc2)cc1. The monoisotopic (exact) mass is 432 g/mol. The molecular weight excluding hydrogens is 408 g/mol. The summed E-state index contributed by atoms with van der Waals surface area (Å²) >= 11 is 1.53. The molecule has 3 aliphatic rings. The molecule has 2 aromatic carbocycles. The van der Waals surface area contributed by atoms with E-state index in [0.29, 0.717) is 5.75 Å². The Balaban J connectivity index is 1.60. The highest BCUT2D eigenvalue weighted by Crippen LogP contribution is 2.47. The quantitative estimate of drug-likeness (QED) is 0.665. The van der Waals surface area contributed by atoms with E-state index in [4.69, 9.17) is 14.5 Å². The van der Waals surface area contributed by atoms with E-state index in [1.165, 1.54) is 22.9 Å². The van der Waals surface area contributed by atoms with Gasteiger partial charge in [0, 0.05) is 0 Å². The molecule has 158 valence electrons. The number of allylic oxidation sites excluding steroid dienone is 1. The molecule has 0 N–H and O–H groups in total. The molecule has 2 aliphatic heterocycles. The lowest BCUT2D eigenvalue weighted by Gasteiger charge is -2.37. The van der Waals surface area contributed by atoms with Gasteiger partial charge in [-0.05, 0) is 71.9 Å². The lowest BCUT2D eigenvalue weighted by Crippen LogP contribution is -2.38. The van der Waals surface area contributed by atoms with Gasteiger partial charge in [0.1, 0.15) is 11.5 Å². The van der Waals surface area contributed by atoms with E-state index in [-0.39, 0.29) is 11.9 Å². The molecule has 0 radical (unpaired) electrons. The summed E-state index contributed by atoms with van der Waals surface area (Å²) in [5, 5.41) is 0.812. The van der Waals surface area contributed by atoms with Crippen LogP contribution in [0.1, 0.15) is 36.4 Å². The number of carbonyl (C=O) groups excluding carboxylic acids is 1. The van der Waals surface area contributed by atoms with E-state index in [1.807, 2.05) is 29.2 Å². The van der Waals surface area contributed by atoms with Gasteiger partial charge in [0.25, 0.3) is 0 Å². The number of hydrogen-bond acceptors (Lipinski definition) is 5. The second kappa shape index (κ2) is 8.27. The van der Waals surface area contributed by atoms with Crippen LogP contribution >= 0.6 is 11.8 Å². The molecule has 1 unspecified atom stereocenters. The Labute approximate surface area is 186 Å². The van der Waals surface area contributed by atoms with Crippen LogP contribution in [0.25, 0.3) is 6.08 Å². The molecule has 0 bridgehead atoms. The van der Waals surface area contributed by atoms with Crippen molar-refractivity contribution in [3.63, 3.8) is 0 Å². The summed E-state index contributed by atoms with van der Waals surface area (Å²) in [5.74, 6) is 2.24. The molecule has 31 heavy (non-hydrogen) atoms. The Morgan fingerprint density at radius 2 is 1.68 bits per heavy atom. The molecule has 5 nitrogen and oxygen atoms in total. The van der Waals surface area contributed by atoms with Gasteiger partial charge in [0.2, 0.25) is 5.91 Å². The fraction of sp³-hybridized carbons (Fsp3) is 0.280. The smallest absolute Gasteiger partial charge is 0.239 e. The zero-order valence-corrected chi connectivity index (χ0v) is 18.4. The normalized spacial score (nSPS) is 21.7. The van der Waals surface area contributed by atoms with E-state index in [1.54, 1.807) is 14.2 Å². The third-order valence-corrected chi connectivity index (χ3v) is 6.92. The lowest BCUT2D eigenvalue weighted by atomic mass is 9.83. The minimum Gasteiger partial charge on any atom is -0.497 e. The number of nitrogens with zero attached hydrogens (tertiary/aromatic N) is 2. The van der Waals surface area contributed by atoms with Crippen LogP contribution in [-0.2, 0) is 4.79 Å². The molecule has 0 saturated carbocycles. The number of aliphatic imine (C=N–C) groups is 1. The molecule has 1 fully saturated rings. The van der Waals surface area contributed by atoms with Gasteiger partial charge in [-0.15, -0.1) is 0 Å². The summed E-state index contributed by atoms with van der Waals surface area (Å²) in [6.45, 7) is 0. The van der Waals surface area contributed by atoms with Crippen molar-refractivity contribution in [3.05, 3.63) is 76.5 Å². The van der Waals surface area contributed by atoms with Crippen LogP contribution in [0.2, 0.25) is 0 Å². The number of fused-ring (bicyclic) bond motifs is 1. The molecule has 2 aromatic rings. The van der Waals surface area contributed by atoms with E-state index in [0.717, 1.165) is 52.8 Å². The number of methoxy groups -OCH3 is 2. The predicted molar refractivity (Wildman–Crippen MR) is 124 cm³/mol. The fourth-order valence-corrected chi connectivity index (χ4v) is 5.36. The van der Waals surface area contributed by atoms with Crippen LogP contribution in [-0.4, -0.2) is 35.9 Å². The van der Waals surface area contributed by atoms with Crippen molar-refractivity contribution >= 4 is 28.9 Å². The average Bonchev–Trinajstić information content (AvgIpc) is 3.19. The summed E-state index contributed by atoms with van der Waals surface area (Å²) in [4.78, 5) is 19.6. The van der Waals surface area contributed by atoms with Crippen molar-refractivity contribution in [2.45, 2.75) is 25.3 Å². The third kappa shape index (κ3) is 3.65. The third-order valence-electron chi connectivity index (χ3n) is 5.98. The fourth-order valence-electron chi connectivity index (χ4n) is 4.46. The highest BCUT2D eigenvalue weighted by atomic mass is 32.2. The minimum absolute atomic E-state index is 0.101. The second-order valence-electron chi connectivity index (χ2n) is 7.79. The maximum absolute atomic E-state index is 12.8. The maximum Gasteiger partial charge on any atom is 0.239 e. The van der Waals surface area contributed by atoms with E-state index >= 15 is 0 Å². The first-order chi connectivity index (χ1) is 15.2. The number of rotatable bonds is 4. The number of amidine groups is 1. The Bertz CT molecular complexity index is 1100. The number of hydrogen-bond donors (Lipinski definition) is 0. The van der Waals surface area contributed by atoms with Gasteiger partial charge in [-0.3, -0.25) is 9.69 Å². The number of benzene rings is 2. The predicted octanol–water partition coefficient (Wildman–Crippen LogP) is 5.21. The summed E-state index contributed by atoms with van der Waals surface area (Å²) in [5.41, 5.74) is 5.75. The summed E-state index contributed by atoms with van der Waals surface area (Å²) < 4.78 is 10.6. The van der Waals surface area contributed by atoms with Crippen LogP contribution < -0.4 is 9.47 Å². The molecule has 2 heterocycles. The van der Waals surface area contributed by atoms with Crippen LogP contribution in [0.5, 0.6) is 11.5 Å². The number of carbonyl (C=O) groups is 1. The van der Waals surface area contributed by atoms with Crippen molar-refractivity contribution in [2.24, 2.45) is 4.99 Å². The van der Waals surface area contributed by atoms with Gasteiger partial charge >= 0.3 is 0 Å². The van der Waals surface area contributed by atoms with E-state index in [9.17, 15) is 4.79 Å². The van der Waals surface area contributed by atoms with Crippen LogP contribution in [0, 0.1) is 0 Å². The highest BCUT2D eigenvalue weighted by Gasteiger charge is 2.42. The summed E-state index contributed by atoms with van der Waals surface area (Å²) in [6, 6.07) is 16.0. The van der Waals surface area contributed by atoms with E-state index in [2.05, 4.69) is 30.3 Å². The first-order valence-corrected chi connectivity index (χ1v) is 11.4. The molecular formula is C25H24N2O3S. The standard InChI is InChI=1S/C25H24N2O3S/c1-29-19-10-6-16(7-11-19)14-18-4-3-5-21-23(18)26-25-27(22(28)15-31-25)24(21)17-8-12-20(30-2)13-9-17/h6-14,24H,3-5,15H2,1-2H3. The molecule has 1 atom stereocenters. The maximum atomic E-state index is 12.8. The first kappa shape index (κ1) is 19.9. The summed E-state index contributed by atoms with van der Waals surface area (Å²) in [7, 11) is 3.34. The van der Waals surface area contributed by atoms with Gasteiger partial charge in [0.15, 0.2) is 5.17 Å². The first-order valence-electron chi connectivity index (χ1n) is 10.4. The van der Waals surface area contributed by atoms with Gasteiger partial charge < -0.3 is 9.47 Å². The van der Waals surface area contributed by atoms with Gasteiger partial charge in [-0.1, -0.05) is 36.0 Å². The van der Waals surface area contributed by atoms with Gasteiger partial charge in [-0.2, -0.15) is 0 Å². The van der Waals surface area contributed by atoms with Crippen LogP contribution in [0.3, 0.4) is 0 Å². The molecule has 1 aliphatic carbocycles. The van der Waals surface area contributed by atoms with Gasteiger partial charge in [-0.25, -0.2) is 4.99 Å². The molecule has 0 aromatic heterocycles. The van der Waals surface area contributed by atoms with Crippen molar-refractivity contribution in [3.8, 4) is 11.5 Å². The van der Waals surface area contributed by atoms with Crippen molar-refractivity contribution in [1.29, 1.82) is 0 Å². The molecule has 5 rings (SSSR count). The molecule has 0 spiro atoms. The Kier molecular flexibility index (Phi) is 5.32.